The van der Waals surface area contributed by atoms with Crippen LogP contribution >= 0.6 is 11.6 Å². The first-order chi connectivity index (χ1) is 11.5. The molecule has 24 heavy (non-hydrogen) atoms. The van der Waals surface area contributed by atoms with E-state index in [2.05, 4.69) is 0 Å². The van der Waals surface area contributed by atoms with Crippen molar-refractivity contribution in [3.05, 3.63) is 64.2 Å². The van der Waals surface area contributed by atoms with Crippen molar-refractivity contribution in [3.63, 3.8) is 0 Å². The van der Waals surface area contributed by atoms with Crippen molar-refractivity contribution in [2.75, 3.05) is 7.11 Å². The van der Waals surface area contributed by atoms with Crippen LogP contribution in [0, 0.1) is 0 Å². The Morgan fingerprint density at radius 2 is 1.96 bits per heavy atom. The summed E-state index contributed by atoms with van der Waals surface area (Å²) in [6.07, 6.45) is 0.780. The van der Waals surface area contributed by atoms with E-state index in [4.69, 9.17) is 16.3 Å². The molecule has 0 aromatic heterocycles. The molecule has 0 heterocycles. The van der Waals surface area contributed by atoms with Gasteiger partial charge in [0.15, 0.2) is 6.29 Å². The molecule has 0 saturated carbocycles. The van der Waals surface area contributed by atoms with Crippen molar-refractivity contribution in [1.82, 2.24) is 0 Å². The summed E-state index contributed by atoms with van der Waals surface area (Å²) in [5.41, 5.74) is 1.17. The maximum Gasteiger partial charge on any atom is 0.157 e. The van der Waals surface area contributed by atoms with Crippen molar-refractivity contribution in [2.45, 2.75) is 6.42 Å². The fourth-order valence-electron chi connectivity index (χ4n) is 2.75. The summed E-state index contributed by atoms with van der Waals surface area (Å²) >= 11 is 6.16. The molecule has 3 rings (SSSR count). The van der Waals surface area contributed by atoms with E-state index >= 15 is 0 Å². The number of halogens is 1. The molecule has 0 saturated heterocycles. The molecular formula is C19H15ClO4. The third kappa shape index (κ3) is 2.76. The van der Waals surface area contributed by atoms with Crippen LogP contribution in [0.1, 0.15) is 21.5 Å². The average Bonchev–Trinajstić information content (AvgIpc) is 2.58. The monoisotopic (exact) mass is 342 g/mol. The summed E-state index contributed by atoms with van der Waals surface area (Å²) in [7, 11) is 1.37. The molecule has 5 heteroatoms. The van der Waals surface area contributed by atoms with Crippen LogP contribution in [0.25, 0.3) is 10.8 Å². The summed E-state index contributed by atoms with van der Waals surface area (Å²) in [4.78, 5) is 11.2. The first kappa shape index (κ1) is 16.1. The maximum absolute atomic E-state index is 11.2. The number of phenols is 2. The van der Waals surface area contributed by atoms with E-state index in [1.165, 1.54) is 13.2 Å². The van der Waals surface area contributed by atoms with Gasteiger partial charge in [-0.05, 0) is 17.0 Å². The minimum atomic E-state index is -0.270. The maximum atomic E-state index is 11.2. The molecular weight excluding hydrogens is 328 g/mol. The molecule has 0 aliphatic rings. The van der Waals surface area contributed by atoms with Gasteiger partial charge in [-0.3, -0.25) is 4.79 Å². The van der Waals surface area contributed by atoms with Crippen molar-refractivity contribution in [3.8, 4) is 17.2 Å². The molecule has 0 amide bonds. The molecule has 0 radical (unpaired) electrons. The van der Waals surface area contributed by atoms with Gasteiger partial charge in [0.25, 0.3) is 0 Å². The first-order valence-corrected chi connectivity index (χ1v) is 7.67. The van der Waals surface area contributed by atoms with Crippen molar-refractivity contribution in [2.24, 2.45) is 0 Å². The molecule has 122 valence electrons. The van der Waals surface area contributed by atoms with E-state index in [9.17, 15) is 15.0 Å². The average molecular weight is 343 g/mol. The van der Waals surface area contributed by atoms with E-state index in [0.717, 1.165) is 16.3 Å². The molecule has 3 aromatic rings. The van der Waals surface area contributed by atoms with Gasteiger partial charge < -0.3 is 14.9 Å². The smallest absolute Gasteiger partial charge is 0.157 e. The highest BCUT2D eigenvalue weighted by Crippen LogP contribution is 2.38. The SMILES string of the molecule is COc1cc(O)c(Cc2ccc3c(Cl)cccc3c2)c(O)c1C=O. The summed E-state index contributed by atoms with van der Waals surface area (Å²) < 4.78 is 5.01. The van der Waals surface area contributed by atoms with Crippen LogP contribution in [0.2, 0.25) is 5.02 Å². The van der Waals surface area contributed by atoms with Crippen molar-refractivity contribution >= 4 is 28.7 Å². The van der Waals surface area contributed by atoms with E-state index < -0.39 is 0 Å². The Bertz CT molecular complexity index is 934. The summed E-state index contributed by atoms with van der Waals surface area (Å²) in [5.74, 6) is -0.261. The van der Waals surface area contributed by atoms with Gasteiger partial charge in [0.05, 0.1) is 12.7 Å². The third-order valence-corrected chi connectivity index (χ3v) is 4.32. The number of aromatic hydroxyl groups is 2. The van der Waals surface area contributed by atoms with Crippen molar-refractivity contribution in [1.29, 1.82) is 0 Å². The zero-order valence-electron chi connectivity index (χ0n) is 12.9. The standard InChI is InChI=1S/C19H15ClO4/c1-24-18-9-17(22)14(19(23)15(18)10-21)8-11-5-6-13-12(7-11)3-2-4-16(13)20/h2-7,9-10,22-23H,8H2,1H3. The minimum Gasteiger partial charge on any atom is -0.507 e. The molecule has 0 aliphatic carbocycles. The Hall–Kier alpha value is -2.72. The fraction of sp³-hybridized carbons (Fsp3) is 0.105. The second-order valence-electron chi connectivity index (χ2n) is 5.43. The number of hydrogen-bond donors (Lipinski definition) is 2. The summed E-state index contributed by atoms with van der Waals surface area (Å²) in [6, 6.07) is 12.7. The lowest BCUT2D eigenvalue weighted by molar-refractivity contribution is 0.111. The largest absolute Gasteiger partial charge is 0.507 e. The third-order valence-electron chi connectivity index (χ3n) is 3.99. The number of carbonyl (C=O) groups is 1. The van der Waals surface area contributed by atoms with Crippen molar-refractivity contribution < 1.29 is 19.7 Å². The molecule has 0 unspecified atom stereocenters. The Morgan fingerprint density at radius 3 is 2.67 bits per heavy atom. The highest BCUT2D eigenvalue weighted by Gasteiger charge is 2.18. The predicted molar refractivity (Wildman–Crippen MR) is 93.5 cm³/mol. The molecule has 0 bridgehead atoms. The molecule has 0 fully saturated rings. The quantitative estimate of drug-likeness (QED) is 0.693. The van der Waals surface area contributed by atoms with Crippen LogP contribution in [0.3, 0.4) is 0 Å². The van der Waals surface area contributed by atoms with Crippen LogP contribution in [0.4, 0.5) is 0 Å². The van der Waals surface area contributed by atoms with Crippen LogP contribution in [-0.4, -0.2) is 23.6 Å². The molecule has 0 atom stereocenters. The number of phenolic OH excluding ortho intramolecular Hbond substituents is 2. The van der Waals surface area contributed by atoms with Gasteiger partial charge in [-0.25, -0.2) is 0 Å². The van der Waals surface area contributed by atoms with E-state index in [1.54, 1.807) is 0 Å². The molecule has 2 N–H and O–H groups in total. The Kier molecular flexibility index (Phi) is 4.32. The first-order valence-electron chi connectivity index (χ1n) is 7.29. The highest BCUT2D eigenvalue weighted by atomic mass is 35.5. The Balaban J connectivity index is 2.07. The molecule has 0 aliphatic heterocycles. The summed E-state index contributed by atoms with van der Waals surface area (Å²) in [6.45, 7) is 0. The van der Waals surface area contributed by atoms with Gasteiger partial charge in [-0.2, -0.15) is 0 Å². The number of rotatable bonds is 4. The number of methoxy groups -OCH3 is 1. The number of hydrogen-bond acceptors (Lipinski definition) is 4. The highest BCUT2D eigenvalue weighted by molar-refractivity contribution is 6.35. The number of ether oxygens (including phenoxy) is 1. The zero-order valence-corrected chi connectivity index (χ0v) is 13.7. The number of benzene rings is 3. The van der Waals surface area contributed by atoms with Gasteiger partial charge in [-0.1, -0.05) is 41.9 Å². The molecule has 3 aromatic carbocycles. The normalized spacial score (nSPS) is 10.8. The van der Waals surface area contributed by atoms with Crippen LogP contribution in [0.5, 0.6) is 17.2 Å². The Labute approximate surface area is 143 Å². The second-order valence-corrected chi connectivity index (χ2v) is 5.84. The lowest BCUT2D eigenvalue weighted by Crippen LogP contribution is -1.97. The lowest BCUT2D eigenvalue weighted by atomic mass is 9.98. The summed E-state index contributed by atoms with van der Waals surface area (Å²) in [5, 5.41) is 23.0. The molecule has 4 nitrogen and oxygen atoms in total. The zero-order chi connectivity index (χ0) is 17.3. The van der Waals surface area contributed by atoms with Gasteiger partial charge in [0.1, 0.15) is 17.2 Å². The second kappa shape index (κ2) is 6.42. The van der Waals surface area contributed by atoms with Gasteiger partial charge in [0.2, 0.25) is 0 Å². The van der Waals surface area contributed by atoms with E-state index in [0.29, 0.717) is 11.3 Å². The van der Waals surface area contributed by atoms with Crippen LogP contribution < -0.4 is 4.74 Å². The predicted octanol–water partition coefficient (Wildman–Crippen LogP) is 4.32. The number of aldehydes is 1. The topological polar surface area (TPSA) is 66.8 Å². The van der Waals surface area contributed by atoms with Gasteiger partial charge >= 0.3 is 0 Å². The van der Waals surface area contributed by atoms with Crippen LogP contribution in [-0.2, 0) is 6.42 Å². The van der Waals surface area contributed by atoms with Crippen LogP contribution in [0.15, 0.2) is 42.5 Å². The Morgan fingerprint density at radius 1 is 1.17 bits per heavy atom. The van der Waals surface area contributed by atoms with Gasteiger partial charge in [0, 0.05) is 28.5 Å². The minimum absolute atomic E-state index is 0.0223. The lowest BCUT2D eigenvalue weighted by Gasteiger charge is -2.13. The number of fused-ring (bicyclic) bond motifs is 1. The van der Waals surface area contributed by atoms with Gasteiger partial charge in [-0.15, -0.1) is 0 Å². The molecule has 0 spiro atoms. The van der Waals surface area contributed by atoms with E-state index in [1.807, 2.05) is 36.4 Å². The van der Waals surface area contributed by atoms with E-state index in [-0.39, 0.29) is 34.8 Å². The fourth-order valence-corrected chi connectivity index (χ4v) is 3.00. The number of carbonyl (C=O) groups excluding carboxylic acids is 1.